The smallest absolute Gasteiger partial charge is 0.366 e. The van der Waals surface area contributed by atoms with E-state index in [-0.39, 0.29) is 35.9 Å². The van der Waals surface area contributed by atoms with Crippen molar-refractivity contribution in [3.63, 3.8) is 0 Å². The summed E-state index contributed by atoms with van der Waals surface area (Å²) in [4.78, 5) is 18.8. The van der Waals surface area contributed by atoms with E-state index in [1.165, 1.54) is 11.4 Å². The van der Waals surface area contributed by atoms with Crippen molar-refractivity contribution in [3.8, 4) is 10.6 Å². The summed E-state index contributed by atoms with van der Waals surface area (Å²) in [5.74, 6) is -1.04. The van der Waals surface area contributed by atoms with Crippen molar-refractivity contribution in [1.82, 2.24) is 14.3 Å². The van der Waals surface area contributed by atoms with Crippen molar-refractivity contribution in [2.24, 2.45) is 5.73 Å². The van der Waals surface area contributed by atoms with Crippen molar-refractivity contribution in [2.75, 3.05) is 24.7 Å². The zero-order chi connectivity index (χ0) is 22.3. The standard InChI is InChI=1S/C16H17F4N5O3S2/c1-30(27,28)25-3-2-11(10(17)6-25)23-15-22-5-9(16(18,19)20)13(24-15)12-4-8(7-29-12)14(21)26/h4-5,7,10-11H,2-3,6H2,1H3,(H2,21,26)(H,22,23,24)/t10-,11+/m1/s1. The number of anilines is 1. The molecule has 1 saturated heterocycles. The molecule has 164 valence electrons. The summed E-state index contributed by atoms with van der Waals surface area (Å²) in [6, 6.07) is 0.314. The predicted octanol–water partition coefficient (Wildman–Crippen LogP) is 2.11. The Morgan fingerprint density at radius 3 is 2.63 bits per heavy atom. The van der Waals surface area contributed by atoms with E-state index >= 15 is 0 Å². The number of hydrogen-bond acceptors (Lipinski definition) is 7. The largest absolute Gasteiger partial charge is 0.420 e. The minimum absolute atomic E-state index is 0.0354. The van der Waals surface area contributed by atoms with Gasteiger partial charge >= 0.3 is 6.18 Å². The Morgan fingerprint density at radius 1 is 1.40 bits per heavy atom. The number of nitrogens with two attached hydrogens (primary N) is 1. The van der Waals surface area contributed by atoms with Gasteiger partial charge in [-0.25, -0.2) is 22.8 Å². The van der Waals surface area contributed by atoms with Crippen LogP contribution in [-0.4, -0.2) is 60.2 Å². The van der Waals surface area contributed by atoms with Crippen LogP contribution in [0.3, 0.4) is 0 Å². The third-order valence-electron chi connectivity index (χ3n) is 4.50. The van der Waals surface area contributed by atoms with Gasteiger partial charge in [0, 0.05) is 24.7 Å². The second-order valence-electron chi connectivity index (χ2n) is 6.69. The predicted molar refractivity (Wildman–Crippen MR) is 102 cm³/mol. The lowest BCUT2D eigenvalue weighted by Crippen LogP contribution is -2.49. The molecule has 3 rings (SSSR count). The fourth-order valence-electron chi connectivity index (χ4n) is 2.94. The van der Waals surface area contributed by atoms with Crippen LogP contribution in [-0.2, 0) is 16.2 Å². The molecule has 0 aliphatic carbocycles. The van der Waals surface area contributed by atoms with Gasteiger partial charge in [-0.05, 0) is 12.5 Å². The van der Waals surface area contributed by atoms with E-state index in [4.69, 9.17) is 5.73 Å². The highest BCUT2D eigenvalue weighted by Crippen LogP contribution is 2.38. The van der Waals surface area contributed by atoms with Gasteiger partial charge in [-0.1, -0.05) is 0 Å². The number of nitrogens with zero attached hydrogens (tertiary/aromatic N) is 3. The van der Waals surface area contributed by atoms with E-state index in [9.17, 15) is 30.8 Å². The normalized spacial score (nSPS) is 20.8. The van der Waals surface area contributed by atoms with E-state index in [2.05, 4.69) is 15.3 Å². The molecule has 0 radical (unpaired) electrons. The van der Waals surface area contributed by atoms with Crippen LogP contribution < -0.4 is 11.1 Å². The topological polar surface area (TPSA) is 118 Å². The average molecular weight is 467 g/mol. The number of piperidine rings is 1. The first-order chi connectivity index (χ1) is 13.9. The molecule has 2 aromatic heterocycles. The van der Waals surface area contributed by atoms with Crippen LogP contribution in [0.1, 0.15) is 22.3 Å². The van der Waals surface area contributed by atoms with Gasteiger partial charge in [0.05, 0.1) is 28.4 Å². The van der Waals surface area contributed by atoms with E-state index in [1.807, 2.05) is 0 Å². The van der Waals surface area contributed by atoms with Crippen LogP contribution >= 0.6 is 11.3 Å². The number of aromatic nitrogens is 2. The number of carbonyl (C=O) groups excluding carboxylic acids is 1. The Kier molecular flexibility index (Phi) is 6.02. The molecule has 1 aliphatic rings. The van der Waals surface area contributed by atoms with Gasteiger partial charge in [0.1, 0.15) is 11.7 Å². The second-order valence-corrected chi connectivity index (χ2v) is 9.59. The fourth-order valence-corrected chi connectivity index (χ4v) is 4.69. The number of rotatable bonds is 5. The summed E-state index contributed by atoms with van der Waals surface area (Å²) >= 11 is 0.853. The van der Waals surface area contributed by atoms with Crippen molar-refractivity contribution in [1.29, 1.82) is 0 Å². The number of primary amides is 1. The molecule has 1 amide bonds. The van der Waals surface area contributed by atoms with Crippen LogP contribution in [0.15, 0.2) is 17.6 Å². The summed E-state index contributed by atoms with van der Waals surface area (Å²) in [5, 5.41) is 3.96. The molecular formula is C16H17F4N5O3S2. The Bertz CT molecular complexity index is 1060. The lowest BCUT2D eigenvalue weighted by Gasteiger charge is -2.33. The summed E-state index contributed by atoms with van der Waals surface area (Å²) < 4.78 is 78.7. The molecular weight excluding hydrogens is 450 g/mol. The zero-order valence-corrected chi connectivity index (χ0v) is 17.1. The summed E-state index contributed by atoms with van der Waals surface area (Å²) in [5.41, 5.74) is 3.60. The Balaban J connectivity index is 1.89. The molecule has 3 N–H and O–H groups in total. The van der Waals surface area contributed by atoms with E-state index in [0.29, 0.717) is 6.20 Å². The molecule has 8 nitrogen and oxygen atoms in total. The van der Waals surface area contributed by atoms with Crippen LogP contribution in [0.4, 0.5) is 23.5 Å². The number of nitrogens with one attached hydrogen (secondary N) is 1. The van der Waals surface area contributed by atoms with Gasteiger partial charge in [0.2, 0.25) is 21.9 Å². The first-order valence-electron chi connectivity index (χ1n) is 8.55. The highest BCUT2D eigenvalue weighted by molar-refractivity contribution is 7.88. The minimum atomic E-state index is -4.76. The minimum Gasteiger partial charge on any atom is -0.366 e. The van der Waals surface area contributed by atoms with Crippen LogP contribution in [0, 0.1) is 0 Å². The first kappa shape index (κ1) is 22.4. The zero-order valence-electron chi connectivity index (χ0n) is 15.5. The third-order valence-corrected chi connectivity index (χ3v) is 6.71. The summed E-state index contributed by atoms with van der Waals surface area (Å²) in [7, 11) is -3.55. The van der Waals surface area contributed by atoms with Crippen LogP contribution in [0.25, 0.3) is 10.6 Å². The Morgan fingerprint density at radius 2 is 2.10 bits per heavy atom. The lowest BCUT2D eigenvalue weighted by molar-refractivity contribution is -0.137. The Hall–Kier alpha value is -2.32. The van der Waals surface area contributed by atoms with Gasteiger partial charge < -0.3 is 11.1 Å². The highest BCUT2D eigenvalue weighted by atomic mass is 32.2. The number of halogens is 4. The van der Waals surface area contributed by atoms with Crippen molar-refractivity contribution < 1.29 is 30.8 Å². The first-order valence-corrected chi connectivity index (χ1v) is 11.3. The molecule has 14 heteroatoms. The average Bonchev–Trinajstić information content (AvgIpc) is 3.12. The number of thiophene rings is 1. The monoisotopic (exact) mass is 467 g/mol. The van der Waals surface area contributed by atoms with Gasteiger partial charge in [-0.15, -0.1) is 11.3 Å². The molecule has 0 spiro atoms. The SMILES string of the molecule is CS(=O)(=O)N1CC[C@H](Nc2ncc(C(F)(F)F)c(-c3cc(C(N)=O)cs3)n2)[C@H](F)C1. The van der Waals surface area contributed by atoms with E-state index < -0.39 is 45.6 Å². The van der Waals surface area contributed by atoms with Gasteiger partial charge in [0.15, 0.2) is 0 Å². The molecule has 3 heterocycles. The van der Waals surface area contributed by atoms with Crippen LogP contribution in [0.2, 0.25) is 0 Å². The second kappa shape index (κ2) is 8.07. The number of hydrogen-bond donors (Lipinski definition) is 2. The van der Waals surface area contributed by atoms with Crippen molar-refractivity contribution in [3.05, 3.63) is 28.8 Å². The maximum Gasteiger partial charge on any atom is 0.420 e. The molecule has 2 atom stereocenters. The molecule has 0 unspecified atom stereocenters. The molecule has 1 aliphatic heterocycles. The molecule has 1 fully saturated rings. The summed E-state index contributed by atoms with van der Waals surface area (Å²) in [6.07, 6.45) is -4.73. The molecule has 0 saturated carbocycles. The van der Waals surface area contributed by atoms with Gasteiger partial charge in [0.25, 0.3) is 0 Å². The third kappa shape index (κ3) is 4.87. The molecule has 2 aromatic rings. The number of amides is 1. The molecule has 30 heavy (non-hydrogen) atoms. The number of alkyl halides is 4. The number of sulfonamides is 1. The van der Waals surface area contributed by atoms with E-state index in [0.717, 1.165) is 21.9 Å². The maximum absolute atomic E-state index is 14.4. The molecule has 0 bridgehead atoms. The Labute approximate surface area is 173 Å². The number of carbonyl (C=O) groups is 1. The lowest BCUT2D eigenvalue weighted by atomic mass is 10.1. The van der Waals surface area contributed by atoms with E-state index in [1.54, 1.807) is 0 Å². The summed E-state index contributed by atoms with van der Waals surface area (Å²) in [6.45, 7) is -0.325. The van der Waals surface area contributed by atoms with Gasteiger partial charge in [-0.3, -0.25) is 4.79 Å². The highest BCUT2D eigenvalue weighted by Gasteiger charge is 2.37. The molecule has 0 aromatic carbocycles. The van der Waals surface area contributed by atoms with Crippen LogP contribution in [0.5, 0.6) is 0 Å². The fraction of sp³-hybridized carbons (Fsp3) is 0.438. The van der Waals surface area contributed by atoms with Crippen molar-refractivity contribution >= 4 is 33.2 Å². The van der Waals surface area contributed by atoms with Crippen molar-refractivity contribution in [2.45, 2.75) is 24.8 Å². The quantitative estimate of drug-likeness (QED) is 0.651. The van der Waals surface area contributed by atoms with Gasteiger partial charge in [-0.2, -0.15) is 17.5 Å². The maximum atomic E-state index is 14.4.